The van der Waals surface area contributed by atoms with Crippen LogP contribution in [0.5, 0.6) is 0 Å². The molecule has 0 bridgehead atoms. The van der Waals surface area contributed by atoms with Crippen LogP contribution in [0.25, 0.3) is 0 Å². The first kappa shape index (κ1) is 8.45. The van der Waals surface area contributed by atoms with Crippen LogP contribution in [-0.4, -0.2) is 31.4 Å². The SMILES string of the molecule is O=[N+]([O-])C[C@H]1CCS(=O)(=O)C1. The van der Waals surface area contributed by atoms with Gasteiger partial charge in [0.15, 0.2) is 9.84 Å². The minimum absolute atomic E-state index is 0.00597. The van der Waals surface area contributed by atoms with E-state index < -0.39 is 14.8 Å². The molecule has 0 N–H and O–H groups in total. The molecule has 0 amide bonds. The predicted molar refractivity (Wildman–Crippen MR) is 38.6 cm³/mol. The summed E-state index contributed by atoms with van der Waals surface area (Å²) in [5.74, 6) is -0.144. The fourth-order valence-corrected chi connectivity index (χ4v) is 3.08. The zero-order chi connectivity index (χ0) is 8.48. The molecule has 1 aliphatic rings. The average Bonchev–Trinajstić information content (AvgIpc) is 2.08. The van der Waals surface area contributed by atoms with Crippen LogP contribution in [0.1, 0.15) is 6.42 Å². The van der Waals surface area contributed by atoms with E-state index in [0.717, 1.165) is 0 Å². The number of hydrogen-bond acceptors (Lipinski definition) is 4. The Balaban J connectivity index is 2.49. The summed E-state index contributed by atoms with van der Waals surface area (Å²) in [4.78, 5) is 9.52. The summed E-state index contributed by atoms with van der Waals surface area (Å²) in [7, 11) is -2.95. The molecule has 6 heteroatoms. The van der Waals surface area contributed by atoms with Crippen molar-refractivity contribution in [3.63, 3.8) is 0 Å². The molecule has 0 aromatic rings. The van der Waals surface area contributed by atoms with E-state index in [2.05, 4.69) is 0 Å². The highest BCUT2D eigenvalue weighted by molar-refractivity contribution is 7.91. The fourth-order valence-electron chi connectivity index (χ4n) is 1.23. The lowest BCUT2D eigenvalue weighted by Gasteiger charge is -1.97. The van der Waals surface area contributed by atoms with E-state index in [9.17, 15) is 18.5 Å². The van der Waals surface area contributed by atoms with E-state index in [4.69, 9.17) is 0 Å². The number of rotatable bonds is 2. The molecule has 0 aromatic carbocycles. The van der Waals surface area contributed by atoms with Gasteiger partial charge in [-0.3, -0.25) is 10.1 Å². The minimum atomic E-state index is -2.95. The topological polar surface area (TPSA) is 77.3 Å². The first-order valence-electron chi connectivity index (χ1n) is 3.32. The maximum absolute atomic E-state index is 10.8. The third-order valence-electron chi connectivity index (χ3n) is 1.73. The highest BCUT2D eigenvalue weighted by Crippen LogP contribution is 2.17. The predicted octanol–water partition coefficient (Wildman–Crippen LogP) is -0.302. The molecule has 5 nitrogen and oxygen atoms in total. The zero-order valence-electron chi connectivity index (χ0n) is 5.89. The lowest BCUT2D eigenvalue weighted by Crippen LogP contribution is -2.15. The van der Waals surface area contributed by atoms with Gasteiger partial charge in [0.05, 0.1) is 11.5 Å². The summed E-state index contributed by atoms with van der Waals surface area (Å²) in [5, 5.41) is 9.98. The molecule has 0 aromatic heterocycles. The molecule has 0 aliphatic carbocycles. The maximum Gasteiger partial charge on any atom is 0.207 e. The van der Waals surface area contributed by atoms with Crippen molar-refractivity contribution >= 4 is 9.84 Å². The molecule has 0 radical (unpaired) electrons. The van der Waals surface area contributed by atoms with E-state index in [-0.39, 0.29) is 24.0 Å². The highest BCUT2D eigenvalue weighted by atomic mass is 32.2. The molecule has 0 unspecified atom stereocenters. The zero-order valence-corrected chi connectivity index (χ0v) is 6.71. The first-order chi connectivity index (χ1) is 4.99. The number of sulfone groups is 1. The number of hydrogen-bond donors (Lipinski definition) is 0. The third kappa shape index (κ3) is 2.45. The van der Waals surface area contributed by atoms with Crippen LogP contribution in [-0.2, 0) is 9.84 Å². The Kier molecular flexibility index (Phi) is 2.12. The molecule has 1 rings (SSSR count). The van der Waals surface area contributed by atoms with Crippen molar-refractivity contribution in [1.82, 2.24) is 0 Å². The Morgan fingerprint density at radius 1 is 1.55 bits per heavy atom. The van der Waals surface area contributed by atoms with Crippen LogP contribution in [0.4, 0.5) is 0 Å². The van der Waals surface area contributed by atoms with Crippen molar-refractivity contribution in [2.75, 3.05) is 18.1 Å². The van der Waals surface area contributed by atoms with Crippen molar-refractivity contribution in [2.45, 2.75) is 6.42 Å². The maximum atomic E-state index is 10.8. The Morgan fingerprint density at radius 2 is 2.18 bits per heavy atom. The second-order valence-electron chi connectivity index (χ2n) is 2.78. The Hall–Kier alpha value is -0.650. The summed E-state index contributed by atoms with van der Waals surface area (Å²) in [6.07, 6.45) is 0.448. The molecule has 1 fully saturated rings. The van der Waals surface area contributed by atoms with E-state index >= 15 is 0 Å². The summed E-state index contributed by atoms with van der Waals surface area (Å²) >= 11 is 0. The van der Waals surface area contributed by atoms with Crippen LogP contribution < -0.4 is 0 Å². The van der Waals surface area contributed by atoms with Crippen molar-refractivity contribution in [3.8, 4) is 0 Å². The summed E-state index contributed by atoms with van der Waals surface area (Å²) in [6.45, 7) is -0.209. The van der Waals surface area contributed by atoms with Crippen LogP contribution in [0.15, 0.2) is 0 Å². The standard InChI is InChI=1S/C5H9NO4S/c7-6(8)3-5-1-2-11(9,10)4-5/h5H,1-4H2/t5-/m1/s1. The summed E-state index contributed by atoms with van der Waals surface area (Å²) < 4.78 is 21.6. The van der Waals surface area contributed by atoms with E-state index in [1.54, 1.807) is 0 Å². The Morgan fingerprint density at radius 3 is 2.55 bits per heavy atom. The minimum Gasteiger partial charge on any atom is -0.265 e. The quantitative estimate of drug-likeness (QED) is 0.430. The summed E-state index contributed by atoms with van der Waals surface area (Å²) in [6, 6.07) is 0. The van der Waals surface area contributed by atoms with Crippen LogP contribution in [0, 0.1) is 16.0 Å². The van der Waals surface area contributed by atoms with Gasteiger partial charge in [-0.25, -0.2) is 8.42 Å². The van der Waals surface area contributed by atoms with Crippen molar-refractivity contribution < 1.29 is 13.3 Å². The lowest BCUT2D eigenvalue weighted by molar-refractivity contribution is -0.487. The van der Waals surface area contributed by atoms with E-state index in [1.165, 1.54) is 0 Å². The van der Waals surface area contributed by atoms with Crippen molar-refractivity contribution in [2.24, 2.45) is 5.92 Å². The summed E-state index contributed by atoms with van der Waals surface area (Å²) in [5.41, 5.74) is 0. The van der Waals surface area contributed by atoms with Gasteiger partial charge in [-0.15, -0.1) is 0 Å². The molecule has 1 saturated heterocycles. The largest absolute Gasteiger partial charge is 0.265 e. The van der Waals surface area contributed by atoms with Crippen LogP contribution in [0.2, 0.25) is 0 Å². The van der Waals surface area contributed by atoms with Crippen LogP contribution >= 0.6 is 0 Å². The average molecular weight is 179 g/mol. The van der Waals surface area contributed by atoms with Gasteiger partial charge in [0, 0.05) is 10.8 Å². The molecule has 0 saturated carbocycles. The molecule has 1 heterocycles. The first-order valence-corrected chi connectivity index (χ1v) is 5.14. The van der Waals surface area contributed by atoms with Gasteiger partial charge >= 0.3 is 0 Å². The van der Waals surface area contributed by atoms with Crippen LogP contribution in [0.3, 0.4) is 0 Å². The molecular formula is C5H9NO4S. The number of nitrogens with zero attached hydrogens (tertiary/aromatic N) is 1. The molecular weight excluding hydrogens is 170 g/mol. The number of nitro groups is 1. The van der Waals surface area contributed by atoms with E-state index in [0.29, 0.717) is 6.42 Å². The van der Waals surface area contributed by atoms with Gasteiger partial charge in [-0.1, -0.05) is 0 Å². The van der Waals surface area contributed by atoms with Gasteiger partial charge < -0.3 is 0 Å². The van der Waals surface area contributed by atoms with Gasteiger partial charge in [0.2, 0.25) is 6.54 Å². The monoisotopic (exact) mass is 179 g/mol. The Labute approximate surface area is 64.5 Å². The molecule has 64 valence electrons. The molecule has 11 heavy (non-hydrogen) atoms. The Bertz CT molecular complexity index is 258. The van der Waals surface area contributed by atoms with Gasteiger partial charge in [-0.05, 0) is 6.42 Å². The smallest absolute Gasteiger partial charge is 0.207 e. The fraction of sp³-hybridized carbons (Fsp3) is 1.00. The molecule has 0 spiro atoms. The third-order valence-corrected chi connectivity index (χ3v) is 3.57. The van der Waals surface area contributed by atoms with E-state index in [1.807, 2.05) is 0 Å². The van der Waals surface area contributed by atoms with Gasteiger partial charge in [0.25, 0.3) is 0 Å². The van der Waals surface area contributed by atoms with Gasteiger partial charge in [0.1, 0.15) is 0 Å². The second-order valence-corrected chi connectivity index (χ2v) is 5.01. The highest BCUT2D eigenvalue weighted by Gasteiger charge is 2.30. The second kappa shape index (κ2) is 2.77. The van der Waals surface area contributed by atoms with Gasteiger partial charge in [-0.2, -0.15) is 0 Å². The normalized spacial score (nSPS) is 28.5. The van der Waals surface area contributed by atoms with Crippen molar-refractivity contribution in [3.05, 3.63) is 10.1 Å². The van der Waals surface area contributed by atoms with Crippen molar-refractivity contribution in [1.29, 1.82) is 0 Å². The lowest BCUT2D eigenvalue weighted by atomic mass is 10.1. The molecule has 1 atom stereocenters. The molecule has 1 aliphatic heterocycles.